The molecule has 0 aliphatic carbocycles. The number of hydrogen-bond acceptors (Lipinski definition) is 6. The molecular weight excluding hydrogens is 310 g/mol. The molecular formula is C15H19N7O2. The summed E-state index contributed by atoms with van der Waals surface area (Å²) >= 11 is 0. The van der Waals surface area contributed by atoms with Gasteiger partial charge < -0.3 is 15.1 Å². The highest BCUT2D eigenvalue weighted by Crippen LogP contribution is 2.23. The summed E-state index contributed by atoms with van der Waals surface area (Å²) in [7, 11) is 0. The van der Waals surface area contributed by atoms with Gasteiger partial charge in [0.2, 0.25) is 11.8 Å². The molecule has 2 aromatic rings. The molecule has 0 bridgehead atoms. The van der Waals surface area contributed by atoms with Crippen LogP contribution in [0.4, 0.5) is 5.82 Å². The molecule has 4 rings (SSSR count). The minimum absolute atomic E-state index is 0.00853. The molecule has 126 valence electrons. The molecule has 1 N–H and O–H groups in total. The maximum Gasteiger partial charge on any atom is 0.239 e. The Morgan fingerprint density at radius 1 is 1.21 bits per heavy atom. The van der Waals surface area contributed by atoms with Crippen molar-refractivity contribution in [2.24, 2.45) is 5.92 Å². The molecule has 0 atom stereocenters. The summed E-state index contributed by atoms with van der Waals surface area (Å²) in [5.74, 6) is 0.890. The van der Waals surface area contributed by atoms with Crippen LogP contribution in [0, 0.1) is 5.92 Å². The summed E-state index contributed by atoms with van der Waals surface area (Å²) in [6.07, 6.45) is 3.13. The van der Waals surface area contributed by atoms with Crippen molar-refractivity contribution < 1.29 is 9.59 Å². The van der Waals surface area contributed by atoms with Gasteiger partial charge in [-0.1, -0.05) is 0 Å². The Labute approximate surface area is 138 Å². The number of amides is 2. The largest absolute Gasteiger partial charge is 0.355 e. The van der Waals surface area contributed by atoms with Gasteiger partial charge >= 0.3 is 0 Å². The second-order valence-corrected chi connectivity index (χ2v) is 6.20. The Balaban J connectivity index is 1.39. The van der Waals surface area contributed by atoms with Crippen LogP contribution in [-0.4, -0.2) is 69.2 Å². The molecule has 0 spiro atoms. The van der Waals surface area contributed by atoms with E-state index in [0.29, 0.717) is 18.7 Å². The minimum Gasteiger partial charge on any atom is -0.355 e. The van der Waals surface area contributed by atoms with E-state index in [0.717, 1.165) is 31.7 Å². The Morgan fingerprint density at radius 3 is 2.83 bits per heavy atom. The van der Waals surface area contributed by atoms with E-state index in [4.69, 9.17) is 0 Å². The van der Waals surface area contributed by atoms with Gasteiger partial charge in [0.25, 0.3) is 0 Å². The van der Waals surface area contributed by atoms with Crippen molar-refractivity contribution in [1.82, 2.24) is 30.0 Å². The maximum absolute atomic E-state index is 12.6. The van der Waals surface area contributed by atoms with Crippen LogP contribution in [0.5, 0.6) is 0 Å². The molecule has 9 nitrogen and oxygen atoms in total. The Hall–Kier alpha value is -2.71. The standard InChI is InChI=1S/C15H19N7O2/c23-14-9-21(8-5-16-14)15(24)11-3-6-20(7-4-11)13-2-1-12-18-17-10-22(12)19-13/h1-2,10-11H,3-9H2,(H,16,23). The van der Waals surface area contributed by atoms with Crippen molar-refractivity contribution in [3.05, 3.63) is 18.5 Å². The molecule has 2 aliphatic heterocycles. The van der Waals surface area contributed by atoms with Crippen molar-refractivity contribution in [2.75, 3.05) is 37.6 Å². The van der Waals surface area contributed by atoms with Crippen molar-refractivity contribution in [1.29, 1.82) is 0 Å². The van der Waals surface area contributed by atoms with E-state index in [2.05, 4.69) is 25.5 Å². The lowest BCUT2D eigenvalue weighted by atomic mass is 9.95. The first-order valence-corrected chi connectivity index (χ1v) is 8.18. The molecule has 0 saturated carbocycles. The van der Waals surface area contributed by atoms with Crippen LogP contribution in [0.2, 0.25) is 0 Å². The number of rotatable bonds is 2. The fourth-order valence-corrected chi connectivity index (χ4v) is 3.33. The summed E-state index contributed by atoms with van der Waals surface area (Å²) in [5, 5.41) is 15.0. The van der Waals surface area contributed by atoms with Gasteiger partial charge in [0.1, 0.15) is 12.1 Å². The molecule has 4 heterocycles. The second kappa shape index (κ2) is 6.06. The number of carbonyl (C=O) groups is 2. The molecule has 24 heavy (non-hydrogen) atoms. The van der Waals surface area contributed by atoms with Crippen molar-refractivity contribution in [3.63, 3.8) is 0 Å². The van der Waals surface area contributed by atoms with Crippen molar-refractivity contribution >= 4 is 23.3 Å². The third-order valence-electron chi connectivity index (χ3n) is 4.67. The average Bonchev–Trinajstić information content (AvgIpc) is 3.09. The first kappa shape index (κ1) is 14.9. The predicted octanol–water partition coefficient (Wildman–Crippen LogP) is -0.701. The summed E-state index contributed by atoms with van der Waals surface area (Å²) < 4.78 is 1.65. The quantitative estimate of drug-likeness (QED) is 0.783. The van der Waals surface area contributed by atoms with Crippen LogP contribution in [0.3, 0.4) is 0 Å². The lowest BCUT2D eigenvalue weighted by Crippen LogP contribution is -2.52. The Kier molecular flexibility index (Phi) is 3.75. The van der Waals surface area contributed by atoms with Gasteiger partial charge in [0, 0.05) is 32.1 Å². The van der Waals surface area contributed by atoms with Gasteiger partial charge in [-0.05, 0) is 25.0 Å². The molecule has 0 radical (unpaired) electrons. The second-order valence-electron chi connectivity index (χ2n) is 6.20. The number of hydrogen-bond donors (Lipinski definition) is 1. The zero-order valence-corrected chi connectivity index (χ0v) is 13.3. The van der Waals surface area contributed by atoms with Gasteiger partial charge in [-0.2, -0.15) is 4.52 Å². The summed E-state index contributed by atoms with van der Waals surface area (Å²) in [5.41, 5.74) is 0.715. The molecule has 2 aliphatic rings. The van der Waals surface area contributed by atoms with E-state index in [-0.39, 0.29) is 24.3 Å². The predicted molar refractivity (Wildman–Crippen MR) is 85.3 cm³/mol. The number of nitrogens with one attached hydrogen (secondary N) is 1. The van der Waals surface area contributed by atoms with Crippen LogP contribution < -0.4 is 10.2 Å². The number of anilines is 1. The lowest BCUT2D eigenvalue weighted by molar-refractivity contribution is -0.141. The van der Waals surface area contributed by atoms with E-state index in [9.17, 15) is 9.59 Å². The van der Waals surface area contributed by atoms with Crippen molar-refractivity contribution in [2.45, 2.75) is 12.8 Å². The third kappa shape index (κ3) is 2.77. The highest BCUT2D eigenvalue weighted by atomic mass is 16.2. The normalized spacial score (nSPS) is 19.6. The van der Waals surface area contributed by atoms with Gasteiger partial charge in [-0.25, -0.2) is 0 Å². The first-order chi connectivity index (χ1) is 11.7. The number of aromatic nitrogens is 4. The van der Waals surface area contributed by atoms with E-state index >= 15 is 0 Å². The van der Waals surface area contributed by atoms with Crippen LogP contribution in [0.15, 0.2) is 18.5 Å². The number of piperidine rings is 1. The summed E-state index contributed by atoms with van der Waals surface area (Å²) in [4.78, 5) is 27.9. The van der Waals surface area contributed by atoms with Gasteiger partial charge in [0.05, 0.1) is 6.54 Å². The SMILES string of the molecule is O=C1CN(C(=O)C2CCN(c3ccc4nncn4n3)CC2)CCN1. The summed E-state index contributed by atoms with van der Waals surface area (Å²) in [6.45, 7) is 2.89. The Bertz CT molecular complexity index is 766. The van der Waals surface area contributed by atoms with E-state index in [1.54, 1.807) is 15.7 Å². The molecule has 2 aromatic heterocycles. The molecule has 2 fully saturated rings. The summed E-state index contributed by atoms with van der Waals surface area (Å²) in [6, 6.07) is 3.82. The highest BCUT2D eigenvalue weighted by Gasteiger charge is 2.31. The monoisotopic (exact) mass is 329 g/mol. The maximum atomic E-state index is 12.6. The number of fused-ring (bicyclic) bond motifs is 1. The van der Waals surface area contributed by atoms with Gasteiger partial charge in [-0.15, -0.1) is 15.3 Å². The number of piperazine rings is 1. The van der Waals surface area contributed by atoms with Crippen LogP contribution in [0.25, 0.3) is 5.65 Å². The molecule has 0 aromatic carbocycles. The third-order valence-corrected chi connectivity index (χ3v) is 4.67. The molecule has 0 unspecified atom stereocenters. The smallest absolute Gasteiger partial charge is 0.239 e. The average molecular weight is 329 g/mol. The number of nitrogens with zero attached hydrogens (tertiary/aromatic N) is 6. The fraction of sp³-hybridized carbons (Fsp3) is 0.533. The van der Waals surface area contributed by atoms with Crippen LogP contribution in [0.1, 0.15) is 12.8 Å². The zero-order valence-electron chi connectivity index (χ0n) is 13.3. The van der Waals surface area contributed by atoms with Crippen LogP contribution in [-0.2, 0) is 9.59 Å². The molecule has 2 amide bonds. The lowest BCUT2D eigenvalue weighted by Gasteiger charge is -2.35. The number of carbonyl (C=O) groups excluding carboxylic acids is 2. The van der Waals surface area contributed by atoms with Gasteiger partial charge in [-0.3, -0.25) is 9.59 Å². The van der Waals surface area contributed by atoms with Gasteiger partial charge in [0.15, 0.2) is 5.65 Å². The van der Waals surface area contributed by atoms with Crippen molar-refractivity contribution in [3.8, 4) is 0 Å². The Morgan fingerprint density at radius 2 is 2.04 bits per heavy atom. The van der Waals surface area contributed by atoms with E-state index < -0.39 is 0 Å². The first-order valence-electron chi connectivity index (χ1n) is 8.18. The van der Waals surface area contributed by atoms with E-state index in [1.807, 2.05) is 12.1 Å². The molecule has 9 heteroatoms. The van der Waals surface area contributed by atoms with E-state index in [1.165, 1.54) is 0 Å². The molecule has 2 saturated heterocycles. The topological polar surface area (TPSA) is 95.7 Å². The minimum atomic E-state index is -0.0709. The fourth-order valence-electron chi connectivity index (χ4n) is 3.33. The zero-order chi connectivity index (χ0) is 16.5. The van der Waals surface area contributed by atoms with Crippen LogP contribution >= 0.6 is 0 Å². The highest BCUT2D eigenvalue weighted by molar-refractivity contribution is 5.87.